The average Bonchev–Trinajstić information content (AvgIpc) is 3.29. The van der Waals surface area contributed by atoms with Crippen LogP contribution in [0.1, 0.15) is 24.9 Å². The zero-order valence-corrected chi connectivity index (χ0v) is 18.3. The molecule has 1 aliphatic heterocycles. The van der Waals surface area contributed by atoms with E-state index in [1.165, 1.54) is 22.5 Å². The predicted octanol–water partition coefficient (Wildman–Crippen LogP) is 2.44. The summed E-state index contributed by atoms with van der Waals surface area (Å²) in [5, 5.41) is 10.8. The van der Waals surface area contributed by atoms with Gasteiger partial charge in [0, 0.05) is 25.4 Å². The quantitative estimate of drug-likeness (QED) is 0.519. The zero-order valence-electron chi connectivity index (χ0n) is 17.4. The molecule has 1 aromatic carbocycles. The Morgan fingerprint density at radius 3 is 2.81 bits per heavy atom. The van der Waals surface area contributed by atoms with Crippen molar-refractivity contribution in [2.45, 2.75) is 24.3 Å². The minimum atomic E-state index is -3.84. The molecule has 4 heterocycles. The Labute approximate surface area is 184 Å². The number of benzene rings is 1. The number of aromatic nitrogens is 3. The summed E-state index contributed by atoms with van der Waals surface area (Å²) in [5.41, 5.74) is 1.63. The molecular weight excluding hydrogens is 426 g/mol. The maximum absolute atomic E-state index is 13.4. The monoisotopic (exact) mass is 448 g/mol. The molecule has 0 bridgehead atoms. The molecular formula is C23H22N5O3S+. The number of hydrogen-bond donors (Lipinski definition) is 1. The normalized spacial score (nSPS) is 19.9. The van der Waals surface area contributed by atoms with E-state index in [1.807, 2.05) is 22.9 Å². The highest BCUT2D eigenvalue weighted by atomic mass is 32.2. The van der Waals surface area contributed by atoms with Crippen LogP contribution >= 0.6 is 0 Å². The van der Waals surface area contributed by atoms with E-state index in [1.54, 1.807) is 24.5 Å². The number of hydrogen-bond acceptors (Lipinski definition) is 4. The fourth-order valence-corrected chi connectivity index (χ4v) is 6.24. The summed E-state index contributed by atoms with van der Waals surface area (Å²) in [6.45, 7) is 2.74. The summed E-state index contributed by atoms with van der Waals surface area (Å²) in [4.78, 5) is 18.8. The Balaban J connectivity index is 1.63. The molecule has 1 saturated heterocycles. The maximum Gasteiger partial charge on any atom is 0.286 e. The summed E-state index contributed by atoms with van der Waals surface area (Å²) in [6.07, 6.45) is 5.93. The van der Waals surface area contributed by atoms with E-state index in [0.717, 1.165) is 16.6 Å². The van der Waals surface area contributed by atoms with Crippen LogP contribution in [0, 0.1) is 17.2 Å². The molecule has 0 saturated carbocycles. The lowest BCUT2D eigenvalue weighted by Crippen LogP contribution is -2.44. The topological polar surface area (TPSA) is 113 Å². The Kier molecular flexibility index (Phi) is 4.84. The Bertz CT molecular complexity index is 1550. The highest BCUT2D eigenvalue weighted by Crippen LogP contribution is 2.34. The largest absolute Gasteiger partial charge is 0.342 e. The SMILES string of the molecule is C[C@@H]1CCN(S(=O)(=O)c2ccccc2C#N)C[C@@H]1n1ccc(=O)c2c[nH+]c3[nH]ccc3c21. The van der Waals surface area contributed by atoms with Crippen LogP contribution in [-0.2, 0) is 10.0 Å². The third kappa shape index (κ3) is 3.11. The minimum absolute atomic E-state index is 0.0307. The van der Waals surface area contributed by atoms with Crippen molar-refractivity contribution in [2.75, 3.05) is 13.1 Å². The molecule has 0 radical (unpaired) electrons. The van der Waals surface area contributed by atoms with Gasteiger partial charge in [-0.3, -0.25) is 4.79 Å². The first-order valence-corrected chi connectivity index (χ1v) is 11.9. The molecule has 1 aliphatic rings. The first-order chi connectivity index (χ1) is 15.4. The van der Waals surface area contributed by atoms with E-state index >= 15 is 0 Å². The number of aromatic amines is 2. The number of sulfonamides is 1. The van der Waals surface area contributed by atoms with E-state index in [-0.39, 0.29) is 34.4 Å². The second-order valence-corrected chi connectivity index (χ2v) is 10.1. The highest BCUT2D eigenvalue weighted by Gasteiger charge is 2.36. The van der Waals surface area contributed by atoms with Crippen LogP contribution in [0.5, 0.6) is 0 Å². The molecule has 2 atom stereocenters. The van der Waals surface area contributed by atoms with Crippen LogP contribution in [0.15, 0.2) is 64.7 Å². The molecule has 1 fully saturated rings. The van der Waals surface area contributed by atoms with Crippen molar-refractivity contribution in [2.24, 2.45) is 5.92 Å². The number of nitriles is 1. The van der Waals surface area contributed by atoms with Gasteiger partial charge in [0.1, 0.15) is 12.3 Å². The van der Waals surface area contributed by atoms with E-state index in [9.17, 15) is 18.5 Å². The van der Waals surface area contributed by atoms with Gasteiger partial charge in [-0.2, -0.15) is 9.57 Å². The number of pyridine rings is 2. The standard InChI is InChI=1S/C23H21N5O3S/c1-15-7-10-27(32(30,31)21-5-3-2-4-16(21)12-24)14-19(15)28-11-8-20(29)18-13-26-23-17(22(18)28)6-9-25-23/h2-6,8-9,11,13,15,19H,7,10,14H2,1H3,(H,25,26)/p+1/t15-,19+/m1/s1. The number of nitrogens with zero attached hydrogens (tertiary/aromatic N) is 3. The lowest BCUT2D eigenvalue weighted by molar-refractivity contribution is -0.345. The number of piperidine rings is 1. The van der Waals surface area contributed by atoms with Crippen molar-refractivity contribution in [1.29, 1.82) is 5.26 Å². The number of rotatable bonds is 3. The summed E-state index contributed by atoms with van der Waals surface area (Å²) in [5.74, 6) is 0.191. The molecule has 2 N–H and O–H groups in total. The van der Waals surface area contributed by atoms with Crippen LogP contribution in [-0.4, -0.2) is 35.4 Å². The summed E-state index contributed by atoms with van der Waals surface area (Å²) in [6, 6.07) is 11.5. The second-order valence-electron chi connectivity index (χ2n) is 8.21. The van der Waals surface area contributed by atoms with Gasteiger partial charge >= 0.3 is 0 Å². The third-order valence-electron chi connectivity index (χ3n) is 6.39. The van der Waals surface area contributed by atoms with E-state index in [4.69, 9.17) is 0 Å². The van der Waals surface area contributed by atoms with Gasteiger partial charge in [0.15, 0.2) is 5.43 Å². The molecule has 5 rings (SSSR count). The Morgan fingerprint density at radius 1 is 1.19 bits per heavy atom. The van der Waals surface area contributed by atoms with Crippen molar-refractivity contribution < 1.29 is 13.4 Å². The fourth-order valence-electron chi connectivity index (χ4n) is 4.62. The van der Waals surface area contributed by atoms with Crippen LogP contribution in [0.4, 0.5) is 0 Å². The lowest BCUT2D eigenvalue weighted by Gasteiger charge is -2.38. The molecule has 3 aromatic heterocycles. The van der Waals surface area contributed by atoms with Crippen molar-refractivity contribution in [3.63, 3.8) is 0 Å². The zero-order chi connectivity index (χ0) is 22.5. The van der Waals surface area contributed by atoms with Crippen molar-refractivity contribution in [3.05, 3.63) is 70.8 Å². The Morgan fingerprint density at radius 2 is 2.00 bits per heavy atom. The lowest BCUT2D eigenvalue weighted by atomic mass is 9.94. The van der Waals surface area contributed by atoms with E-state index < -0.39 is 10.0 Å². The molecule has 4 aromatic rings. The summed E-state index contributed by atoms with van der Waals surface area (Å²) in [7, 11) is -3.84. The Hall–Kier alpha value is -3.48. The maximum atomic E-state index is 13.4. The van der Waals surface area contributed by atoms with Crippen molar-refractivity contribution in [3.8, 4) is 6.07 Å². The van der Waals surface area contributed by atoms with Crippen LogP contribution < -0.4 is 10.4 Å². The summed E-state index contributed by atoms with van der Waals surface area (Å²) < 4.78 is 30.4. The predicted molar refractivity (Wildman–Crippen MR) is 119 cm³/mol. The number of nitrogens with one attached hydrogen (secondary N) is 2. The van der Waals surface area contributed by atoms with Gasteiger partial charge in [-0.05, 0) is 30.5 Å². The van der Waals surface area contributed by atoms with E-state index in [2.05, 4.69) is 16.9 Å². The minimum Gasteiger partial charge on any atom is -0.342 e. The molecule has 0 aliphatic carbocycles. The molecule has 0 unspecified atom stereocenters. The highest BCUT2D eigenvalue weighted by molar-refractivity contribution is 7.89. The van der Waals surface area contributed by atoms with Gasteiger partial charge in [0.25, 0.3) is 5.65 Å². The van der Waals surface area contributed by atoms with Crippen LogP contribution in [0.3, 0.4) is 0 Å². The molecule has 8 nitrogen and oxygen atoms in total. The van der Waals surface area contributed by atoms with Gasteiger partial charge < -0.3 is 4.57 Å². The summed E-state index contributed by atoms with van der Waals surface area (Å²) >= 11 is 0. The van der Waals surface area contributed by atoms with Gasteiger partial charge in [0.05, 0.1) is 39.0 Å². The smallest absolute Gasteiger partial charge is 0.286 e. The van der Waals surface area contributed by atoms with Crippen LogP contribution in [0.25, 0.3) is 21.9 Å². The van der Waals surface area contributed by atoms with Gasteiger partial charge in [-0.25, -0.2) is 18.4 Å². The number of H-pyrrole nitrogens is 2. The average molecular weight is 449 g/mol. The second kappa shape index (κ2) is 7.58. The molecule has 0 amide bonds. The van der Waals surface area contributed by atoms with Gasteiger partial charge in [-0.1, -0.05) is 19.1 Å². The van der Waals surface area contributed by atoms with E-state index in [0.29, 0.717) is 18.4 Å². The van der Waals surface area contributed by atoms with Gasteiger partial charge in [-0.15, -0.1) is 0 Å². The first-order valence-electron chi connectivity index (χ1n) is 10.4. The van der Waals surface area contributed by atoms with Crippen molar-refractivity contribution >= 4 is 32.0 Å². The fraction of sp³-hybridized carbons (Fsp3) is 0.261. The molecule has 9 heteroatoms. The van der Waals surface area contributed by atoms with Gasteiger partial charge in [0.2, 0.25) is 10.0 Å². The van der Waals surface area contributed by atoms with Crippen molar-refractivity contribution in [1.82, 2.24) is 13.9 Å². The first kappa shape index (κ1) is 20.4. The van der Waals surface area contributed by atoms with Crippen LogP contribution in [0.2, 0.25) is 0 Å². The molecule has 162 valence electrons. The molecule has 0 spiro atoms. The number of fused-ring (bicyclic) bond motifs is 3. The molecule has 32 heavy (non-hydrogen) atoms. The third-order valence-corrected chi connectivity index (χ3v) is 8.32.